The standard InChI is InChI=1S/C11H12N2S/c1-2-14-11-10(12)9-6-4-3-5-8(9)7-13-11/h3-7H,2,12H2,1H3. The van der Waals surface area contributed by atoms with Crippen LogP contribution in [0.2, 0.25) is 0 Å². The lowest BCUT2D eigenvalue weighted by atomic mass is 10.1. The number of aromatic nitrogens is 1. The van der Waals surface area contributed by atoms with Gasteiger partial charge in [0.05, 0.1) is 5.69 Å². The Bertz CT molecular complexity index is 454. The van der Waals surface area contributed by atoms with Gasteiger partial charge in [0.25, 0.3) is 0 Å². The molecule has 2 rings (SSSR count). The SMILES string of the molecule is CCSc1ncc2ccccc2c1N. The molecule has 0 amide bonds. The number of rotatable bonds is 2. The minimum atomic E-state index is 0.801. The maximum atomic E-state index is 6.02. The van der Waals surface area contributed by atoms with E-state index in [4.69, 9.17) is 5.73 Å². The first-order chi connectivity index (χ1) is 6.83. The average Bonchev–Trinajstić information content (AvgIpc) is 2.23. The molecular weight excluding hydrogens is 192 g/mol. The molecule has 0 radical (unpaired) electrons. The number of thioether (sulfide) groups is 1. The third-order valence-corrected chi connectivity index (χ3v) is 2.97. The number of hydrogen-bond donors (Lipinski definition) is 1. The lowest BCUT2D eigenvalue weighted by Gasteiger charge is -2.05. The highest BCUT2D eigenvalue weighted by Crippen LogP contribution is 2.29. The largest absolute Gasteiger partial charge is 0.396 e. The van der Waals surface area contributed by atoms with Crippen LogP contribution in [-0.4, -0.2) is 10.7 Å². The summed E-state index contributed by atoms with van der Waals surface area (Å²) in [6.07, 6.45) is 1.88. The van der Waals surface area contributed by atoms with Gasteiger partial charge in [-0.1, -0.05) is 31.2 Å². The van der Waals surface area contributed by atoms with E-state index < -0.39 is 0 Å². The molecule has 2 nitrogen and oxygen atoms in total. The molecule has 0 bridgehead atoms. The summed E-state index contributed by atoms with van der Waals surface area (Å²) in [7, 11) is 0. The van der Waals surface area contributed by atoms with Gasteiger partial charge in [0.15, 0.2) is 0 Å². The Morgan fingerprint density at radius 3 is 2.93 bits per heavy atom. The third-order valence-electron chi connectivity index (χ3n) is 2.08. The van der Waals surface area contributed by atoms with Crippen LogP contribution in [0.5, 0.6) is 0 Å². The lowest BCUT2D eigenvalue weighted by molar-refractivity contribution is 1.16. The second-order valence-corrected chi connectivity index (χ2v) is 4.25. The van der Waals surface area contributed by atoms with Crippen LogP contribution in [0.3, 0.4) is 0 Å². The number of pyridine rings is 1. The summed E-state index contributed by atoms with van der Waals surface area (Å²) in [5, 5.41) is 3.13. The molecule has 0 fully saturated rings. The van der Waals surface area contributed by atoms with Gasteiger partial charge in [0, 0.05) is 17.0 Å². The van der Waals surface area contributed by atoms with Crippen molar-refractivity contribution in [1.29, 1.82) is 0 Å². The summed E-state index contributed by atoms with van der Waals surface area (Å²) in [5.41, 5.74) is 6.82. The highest BCUT2D eigenvalue weighted by Gasteiger charge is 2.04. The molecule has 0 aliphatic rings. The summed E-state index contributed by atoms with van der Waals surface area (Å²) in [6.45, 7) is 2.10. The summed E-state index contributed by atoms with van der Waals surface area (Å²) in [5.74, 6) is 0.996. The van der Waals surface area contributed by atoms with E-state index in [1.54, 1.807) is 11.8 Å². The molecule has 0 unspecified atom stereocenters. The van der Waals surface area contributed by atoms with Crippen LogP contribution in [0.25, 0.3) is 10.8 Å². The topological polar surface area (TPSA) is 38.9 Å². The van der Waals surface area contributed by atoms with Crippen LogP contribution in [0.15, 0.2) is 35.5 Å². The van der Waals surface area contributed by atoms with E-state index in [0.29, 0.717) is 0 Å². The van der Waals surface area contributed by atoms with Crippen molar-refractivity contribution in [1.82, 2.24) is 4.98 Å². The van der Waals surface area contributed by atoms with E-state index >= 15 is 0 Å². The van der Waals surface area contributed by atoms with Gasteiger partial charge < -0.3 is 5.73 Å². The number of anilines is 1. The Hall–Kier alpha value is -1.22. The van der Waals surface area contributed by atoms with E-state index in [1.165, 1.54) is 0 Å². The van der Waals surface area contributed by atoms with Crippen LogP contribution in [0.1, 0.15) is 6.92 Å². The molecule has 72 valence electrons. The molecule has 0 spiro atoms. The first kappa shape index (κ1) is 9.34. The quantitative estimate of drug-likeness (QED) is 0.764. The van der Waals surface area contributed by atoms with Gasteiger partial charge in [-0.3, -0.25) is 0 Å². The molecule has 1 aromatic carbocycles. The van der Waals surface area contributed by atoms with Crippen molar-refractivity contribution in [2.75, 3.05) is 11.5 Å². The first-order valence-electron chi connectivity index (χ1n) is 4.59. The zero-order valence-corrected chi connectivity index (χ0v) is 8.84. The van der Waals surface area contributed by atoms with Crippen molar-refractivity contribution in [2.45, 2.75) is 11.9 Å². The van der Waals surface area contributed by atoms with Crippen molar-refractivity contribution < 1.29 is 0 Å². The Morgan fingerprint density at radius 1 is 1.36 bits per heavy atom. The number of hydrogen-bond acceptors (Lipinski definition) is 3. The highest BCUT2D eigenvalue weighted by atomic mass is 32.2. The molecule has 1 aromatic heterocycles. The van der Waals surface area contributed by atoms with Gasteiger partial charge >= 0.3 is 0 Å². The van der Waals surface area contributed by atoms with Gasteiger partial charge in [-0.15, -0.1) is 11.8 Å². The second-order valence-electron chi connectivity index (χ2n) is 3.00. The van der Waals surface area contributed by atoms with E-state index in [0.717, 1.165) is 27.2 Å². The van der Waals surface area contributed by atoms with Gasteiger partial charge in [-0.2, -0.15) is 0 Å². The minimum Gasteiger partial charge on any atom is -0.396 e. The Labute approximate surface area is 87.5 Å². The molecule has 3 heteroatoms. The Kier molecular flexibility index (Phi) is 2.59. The lowest BCUT2D eigenvalue weighted by Crippen LogP contribution is -1.93. The van der Waals surface area contributed by atoms with Crippen molar-refractivity contribution >= 4 is 28.2 Å². The highest BCUT2D eigenvalue weighted by molar-refractivity contribution is 7.99. The van der Waals surface area contributed by atoms with E-state index in [9.17, 15) is 0 Å². The van der Waals surface area contributed by atoms with E-state index in [1.807, 2.05) is 30.5 Å². The summed E-state index contributed by atoms with van der Waals surface area (Å²) in [4.78, 5) is 4.33. The van der Waals surface area contributed by atoms with Gasteiger partial charge in [-0.05, 0) is 5.75 Å². The number of benzene rings is 1. The fourth-order valence-corrected chi connectivity index (χ4v) is 2.09. The maximum absolute atomic E-state index is 6.02. The van der Waals surface area contributed by atoms with Crippen LogP contribution in [0, 0.1) is 0 Å². The Balaban J connectivity index is 2.63. The zero-order chi connectivity index (χ0) is 9.97. The van der Waals surface area contributed by atoms with Crippen LogP contribution in [-0.2, 0) is 0 Å². The number of nitrogens with zero attached hydrogens (tertiary/aromatic N) is 1. The number of fused-ring (bicyclic) bond motifs is 1. The van der Waals surface area contributed by atoms with Gasteiger partial charge in [0.1, 0.15) is 5.03 Å². The fourth-order valence-electron chi connectivity index (χ4n) is 1.42. The predicted octanol–water partition coefficient (Wildman–Crippen LogP) is 2.93. The maximum Gasteiger partial charge on any atom is 0.120 e. The van der Waals surface area contributed by atoms with Gasteiger partial charge in [-0.25, -0.2) is 4.98 Å². The monoisotopic (exact) mass is 204 g/mol. The molecule has 0 saturated heterocycles. The minimum absolute atomic E-state index is 0.801. The summed E-state index contributed by atoms with van der Waals surface area (Å²) >= 11 is 1.68. The molecular formula is C11H12N2S. The molecule has 2 aromatic rings. The second kappa shape index (κ2) is 3.88. The summed E-state index contributed by atoms with van der Waals surface area (Å²) < 4.78 is 0. The van der Waals surface area contributed by atoms with Crippen molar-refractivity contribution in [3.05, 3.63) is 30.5 Å². The molecule has 1 heterocycles. The van der Waals surface area contributed by atoms with Crippen molar-refractivity contribution in [2.24, 2.45) is 0 Å². The predicted molar refractivity (Wildman–Crippen MR) is 62.6 cm³/mol. The van der Waals surface area contributed by atoms with E-state index in [2.05, 4.69) is 11.9 Å². The van der Waals surface area contributed by atoms with Gasteiger partial charge in [0.2, 0.25) is 0 Å². The zero-order valence-electron chi connectivity index (χ0n) is 8.03. The van der Waals surface area contributed by atoms with E-state index in [-0.39, 0.29) is 0 Å². The summed E-state index contributed by atoms with van der Waals surface area (Å²) in [6, 6.07) is 8.06. The average molecular weight is 204 g/mol. The molecule has 14 heavy (non-hydrogen) atoms. The third kappa shape index (κ3) is 1.55. The molecule has 0 atom stereocenters. The van der Waals surface area contributed by atoms with Crippen LogP contribution >= 0.6 is 11.8 Å². The smallest absolute Gasteiger partial charge is 0.120 e. The van der Waals surface area contributed by atoms with Crippen LogP contribution in [0.4, 0.5) is 5.69 Å². The molecule has 2 N–H and O–H groups in total. The Morgan fingerprint density at radius 2 is 2.14 bits per heavy atom. The first-order valence-corrected chi connectivity index (χ1v) is 5.57. The molecule has 0 aliphatic heterocycles. The fraction of sp³-hybridized carbons (Fsp3) is 0.182. The number of nitrogens with two attached hydrogens (primary N) is 1. The molecule has 0 aliphatic carbocycles. The normalized spacial score (nSPS) is 10.6. The van der Waals surface area contributed by atoms with Crippen molar-refractivity contribution in [3.63, 3.8) is 0 Å². The number of nitrogen functional groups attached to an aromatic ring is 1. The van der Waals surface area contributed by atoms with Crippen molar-refractivity contribution in [3.8, 4) is 0 Å². The van der Waals surface area contributed by atoms with Crippen LogP contribution < -0.4 is 5.73 Å². The molecule has 0 saturated carbocycles.